The van der Waals surface area contributed by atoms with Crippen LogP contribution in [0, 0.1) is 11.3 Å². The summed E-state index contributed by atoms with van der Waals surface area (Å²) in [6, 6.07) is 5.85. The molecule has 20 heavy (non-hydrogen) atoms. The van der Waals surface area contributed by atoms with Gasteiger partial charge in [-0.2, -0.15) is 14.0 Å². The Morgan fingerprint density at radius 2 is 1.90 bits per heavy atom. The summed E-state index contributed by atoms with van der Waals surface area (Å²) in [6.45, 7) is 1.67. The van der Waals surface area contributed by atoms with Crippen molar-refractivity contribution in [1.82, 2.24) is 0 Å². The number of halogens is 2. The van der Waals surface area contributed by atoms with Gasteiger partial charge in [0.2, 0.25) is 9.84 Å². The molecule has 1 unspecified atom stereocenters. The van der Waals surface area contributed by atoms with Crippen molar-refractivity contribution in [3.63, 3.8) is 0 Å². The Balaban J connectivity index is 3.08. The van der Waals surface area contributed by atoms with Crippen LogP contribution in [0.5, 0.6) is 0 Å². The lowest BCUT2D eigenvalue weighted by molar-refractivity contribution is -0.143. The van der Waals surface area contributed by atoms with Gasteiger partial charge in [-0.3, -0.25) is 4.79 Å². The molecule has 0 spiro atoms. The van der Waals surface area contributed by atoms with Crippen LogP contribution in [-0.4, -0.2) is 26.8 Å². The molecule has 0 saturated heterocycles. The van der Waals surface area contributed by atoms with Gasteiger partial charge in [-0.05, 0) is 24.6 Å². The van der Waals surface area contributed by atoms with E-state index in [1.165, 1.54) is 0 Å². The molecule has 1 aromatic carbocycles. The van der Waals surface area contributed by atoms with Crippen LogP contribution in [0.15, 0.2) is 29.2 Å². The Kier molecular flexibility index (Phi) is 5.16. The third-order valence-electron chi connectivity index (χ3n) is 2.43. The SMILES string of the molecule is CCOC(=O)C(C#N)c1ccc(S(=O)(=O)C(F)F)cc1. The van der Waals surface area contributed by atoms with Crippen LogP contribution in [0.1, 0.15) is 18.4 Å². The first kappa shape index (κ1) is 16.0. The van der Waals surface area contributed by atoms with Crippen LogP contribution in [0.2, 0.25) is 0 Å². The third kappa shape index (κ3) is 3.30. The van der Waals surface area contributed by atoms with Crippen molar-refractivity contribution in [2.75, 3.05) is 6.61 Å². The lowest BCUT2D eigenvalue weighted by Gasteiger charge is -2.09. The molecule has 0 radical (unpaired) electrons. The van der Waals surface area contributed by atoms with Crippen LogP contribution < -0.4 is 0 Å². The molecule has 0 aliphatic heterocycles. The van der Waals surface area contributed by atoms with Gasteiger partial charge in [0, 0.05) is 0 Å². The molecule has 108 valence electrons. The summed E-state index contributed by atoms with van der Waals surface area (Å²) < 4.78 is 51.8. The number of ether oxygens (including phenoxy) is 1. The second-order valence-electron chi connectivity index (χ2n) is 3.69. The summed E-state index contributed by atoms with van der Waals surface area (Å²) in [6.07, 6.45) is 0. The predicted octanol–water partition coefficient (Wildman–Crippen LogP) is 1.85. The van der Waals surface area contributed by atoms with Crippen LogP contribution in [-0.2, 0) is 19.4 Å². The molecule has 8 heteroatoms. The smallest absolute Gasteiger partial charge is 0.341 e. The monoisotopic (exact) mass is 303 g/mol. The normalized spacial score (nSPS) is 12.8. The first-order valence-corrected chi connectivity index (χ1v) is 7.07. The van der Waals surface area contributed by atoms with Crippen LogP contribution in [0.3, 0.4) is 0 Å². The Labute approximate surface area is 114 Å². The number of esters is 1. The zero-order chi connectivity index (χ0) is 15.3. The van der Waals surface area contributed by atoms with E-state index in [1.807, 2.05) is 0 Å². The lowest BCUT2D eigenvalue weighted by Crippen LogP contribution is -2.15. The number of hydrogen-bond donors (Lipinski definition) is 0. The van der Waals surface area contributed by atoms with Gasteiger partial charge in [0.15, 0.2) is 5.92 Å². The minimum atomic E-state index is -4.69. The van der Waals surface area contributed by atoms with Crippen molar-refractivity contribution >= 4 is 15.8 Å². The molecule has 1 atom stereocenters. The van der Waals surface area contributed by atoms with Crippen LogP contribution >= 0.6 is 0 Å². The van der Waals surface area contributed by atoms with Crippen LogP contribution in [0.25, 0.3) is 0 Å². The summed E-state index contributed by atoms with van der Waals surface area (Å²) in [5, 5.41) is 8.90. The number of carbonyl (C=O) groups is 1. The highest BCUT2D eigenvalue weighted by Gasteiger charge is 2.27. The molecule has 0 saturated carbocycles. The highest BCUT2D eigenvalue weighted by atomic mass is 32.2. The summed E-state index contributed by atoms with van der Waals surface area (Å²) in [7, 11) is -4.69. The molecule has 0 amide bonds. The van der Waals surface area contributed by atoms with Crippen molar-refractivity contribution in [3.05, 3.63) is 29.8 Å². The predicted molar refractivity (Wildman–Crippen MR) is 64.6 cm³/mol. The fourth-order valence-corrected chi connectivity index (χ4v) is 2.16. The van der Waals surface area contributed by atoms with Gasteiger partial charge in [-0.25, -0.2) is 8.42 Å². The standard InChI is InChI=1S/C12H11F2NO4S/c1-2-19-11(16)10(7-15)8-3-5-9(6-4-8)20(17,18)12(13)14/h3-6,10,12H,2H2,1H3. The first-order chi connectivity index (χ1) is 9.34. The molecular formula is C12H11F2NO4S. The maximum Gasteiger partial charge on any atom is 0.341 e. The molecule has 1 rings (SSSR count). The van der Waals surface area contributed by atoms with Crippen molar-refractivity contribution in [2.24, 2.45) is 0 Å². The minimum Gasteiger partial charge on any atom is -0.465 e. The fraction of sp³-hybridized carbons (Fsp3) is 0.333. The summed E-state index contributed by atoms with van der Waals surface area (Å²) in [5.74, 6) is -5.53. The van der Waals surface area contributed by atoms with Gasteiger partial charge >= 0.3 is 11.7 Å². The van der Waals surface area contributed by atoms with Crippen molar-refractivity contribution in [3.8, 4) is 6.07 Å². The van der Waals surface area contributed by atoms with Gasteiger partial charge in [0.25, 0.3) is 0 Å². The summed E-state index contributed by atoms with van der Waals surface area (Å²) >= 11 is 0. The molecule has 1 aromatic rings. The lowest BCUT2D eigenvalue weighted by atomic mass is 10.0. The molecule has 5 nitrogen and oxygen atoms in total. The third-order valence-corrected chi connectivity index (χ3v) is 3.83. The number of hydrogen-bond acceptors (Lipinski definition) is 5. The molecule has 0 heterocycles. The minimum absolute atomic E-state index is 0.0921. The van der Waals surface area contributed by atoms with Gasteiger partial charge in [-0.15, -0.1) is 0 Å². The Hall–Kier alpha value is -2.01. The molecule has 0 aromatic heterocycles. The van der Waals surface area contributed by atoms with E-state index in [4.69, 9.17) is 5.26 Å². The second-order valence-corrected chi connectivity index (χ2v) is 5.61. The van der Waals surface area contributed by atoms with Crippen molar-refractivity contribution in [1.29, 1.82) is 5.26 Å². The van der Waals surface area contributed by atoms with Gasteiger partial charge < -0.3 is 4.74 Å². The molecule has 0 bridgehead atoms. The average Bonchev–Trinajstić information content (AvgIpc) is 2.40. The van der Waals surface area contributed by atoms with Gasteiger partial charge in [0.05, 0.1) is 17.6 Å². The Morgan fingerprint density at radius 1 is 1.35 bits per heavy atom. The average molecular weight is 303 g/mol. The Bertz CT molecular complexity index is 620. The van der Waals surface area contributed by atoms with E-state index in [9.17, 15) is 22.0 Å². The van der Waals surface area contributed by atoms with E-state index in [2.05, 4.69) is 4.74 Å². The number of nitriles is 1. The van der Waals surface area contributed by atoms with E-state index in [0.29, 0.717) is 0 Å². The zero-order valence-electron chi connectivity index (χ0n) is 10.4. The van der Waals surface area contributed by atoms with E-state index in [-0.39, 0.29) is 12.2 Å². The maximum absolute atomic E-state index is 12.3. The van der Waals surface area contributed by atoms with Crippen LogP contribution in [0.4, 0.5) is 8.78 Å². The summed E-state index contributed by atoms with van der Waals surface area (Å²) in [4.78, 5) is 10.9. The van der Waals surface area contributed by atoms with Gasteiger partial charge in [0.1, 0.15) is 0 Å². The number of sulfone groups is 1. The number of rotatable bonds is 5. The van der Waals surface area contributed by atoms with E-state index >= 15 is 0 Å². The zero-order valence-corrected chi connectivity index (χ0v) is 11.2. The second kappa shape index (κ2) is 6.43. The maximum atomic E-state index is 12.3. The van der Waals surface area contributed by atoms with E-state index in [0.717, 1.165) is 24.3 Å². The number of nitrogens with zero attached hydrogens (tertiary/aromatic N) is 1. The van der Waals surface area contributed by atoms with E-state index in [1.54, 1.807) is 13.0 Å². The highest BCUT2D eigenvalue weighted by Crippen LogP contribution is 2.22. The first-order valence-electron chi connectivity index (χ1n) is 5.52. The quantitative estimate of drug-likeness (QED) is 0.775. The molecule has 0 fully saturated rings. The molecule has 0 aliphatic rings. The van der Waals surface area contributed by atoms with Crippen molar-refractivity contribution in [2.45, 2.75) is 23.5 Å². The van der Waals surface area contributed by atoms with Gasteiger partial charge in [-0.1, -0.05) is 12.1 Å². The Morgan fingerprint density at radius 3 is 2.30 bits per heavy atom. The highest BCUT2D eigenvalue weighted by molar-refractivity contribution is 7.91. The van der Waals surface area contributed by atoms with E-state index < -0.39 is 32.4 Å². The molecule has 0 N–H and O–H groups in total. The number of benzene rings is 1. The number of carbonyl (C=O) groups excluding carboxylic acids is 1. The molecule has 0 aliphatic carbocycles. The molecular weight excluding hydrogens is 292 g/mol. The van der Waals surface area contributed by atoms with Crippen molar-refractivity contribution < 1.29 is 26.7 Å². The largest absolute Gasteiger partial charge is 0.465 e. The number of alkyl halides is 2. The summed E-state index contributed by atoms with van der Waals surface area (Å²) in [5.41, 5.74) is 0.180. The topological polar surface area (TPSA) is 84.2 Å². The fourth-order valence-electron chi connectivity index (χ4n) is 1.44.